The van der Waals surface area contributed by atoms with Crippen LogP contribution in [0.1, 0.15) is 72.9 Å². The number of ether oxygens (including phenoxy) is 3. The van der Waals surface area contributed by atoms with E-state index in [-0.39, 0.29) is 19.4 Å². The Morgan fingerprint density at radius 2 is 1.62 bits per heavy atom. The Morgan fingerprint density at radius 1 is 1.04 bits per heavy atom. The molecule has 3 fully saturated rings. The molecule has 4 aliphatic rings. The van der Waals surface area contributed by atoms with Crippen LogP contribution >= 0.6 is 0 Å². The third-order valence-corrected chi connectivity index (χ3v) is 11.3. The van der Waals surface area contributed by atoms with Crippen LogP contribution in [0.5, 0.6) is 0 Å². The molecular formula is C38H53NO11. The van der Waals surface area contributed by atoms with E-state index in [0.717, 1.165) is 0 Å². The number of esters is 2. The highest BCUT2D eigenvalue weighted by Gasteiger charge is 2.76. The summed E-state index contributed by atoms with van der Waals surface area (Å²) in [5, 5.41) is 50.3. The summed E-state index contributed by atoms with van der Waals surface area (Å²) in [7, 11) is 0. The molecule has 0 aromatic heterocycles. The highest BCUT2D eigenvalue weighted by Crippen LogP contribution is 2.64. The third kappa shape index (κ3) is 6.25. The summed E-state index contributed by atoms with van der Waals surface area (Å²) in [6, 6.07) is 7.28. The van der Waals surface area contributed by atoms with E-state index in [1.165, 1.54) is 20.8 Å². The Kier molecular flexibility index (Phi) is 12.1. The predicted octanol–water partition coefficient (Wildman–Crippen LogP) is 2.89. The molecule has 1 aromatic rings. The van der Waals surface area contributed by atoms with Crippen molar-refractivity contribution in [3.8, 4) is 0 Å². The van der Waals surface area contributed by atoms with Crippen molar-refractivity contribution in [3.05, 3.63) is 73.4 Å². The molecule has 5 rings (SSSR count). The number of aliphatic hydroxyl groups excluding tert-OH is 3. The fourth-order valence-electron chi connectivity index (χ4n) is 8.96. The maximum Gasteiger partial charge on any atom is 0.338 e. The molecule has 276 valence electrons. The number of fused-ring (bicyclic) bond motifs is 5. The fourth-order valence-corrected chi connectivity index (χ4v) is 8.96. The van der Waals surface area contributed by atoms with E-state index in [0.29, 0.717) is 16.7 Å². The molecule has 12 nitrogen and oxygen atoms in total. The van der Waals surface area contributed by atoms with Crippen LogP contribution in [-0.2, 0) is 33.4 Å². The van der Waals surface area contributed by atoms with Gasteiger partial charge in [0.15, 0.2) is 11.7 Å². The van der Waals surface area contributed by atoms with E-state index in [1.807, 2.05) is 0 Å². The molecule has 2 bridgehead atoms. The SMILES string of the molecule is C=C.C=C.CC(=O)N[C@@H](c1ccccc1)[C@@H](O)C(=O)O[C@H]1C[C@@]2(O)[C@@H](O)[C@@H]3[C@]4(OC(C)=O)CO[C@@H]4C[C@H](O)[C@@]3(C)C(=O)[C@H](C)C(=C1C)C2(C)C. The van der Waals surface area contributed by atoms with E-state index in [4.69, 9.17) is 14.2 Å². The van der Waals surface area contributed by atoms with Gasteiger partial charge in [-0.25, -0.2) is 4.79 Å². The lowest BCUT2D eigenvalue weighted by Crippen LogP contribution is -2.81. The number of hydrogen-bond donors (Lipinski definition) is 5. The molecule has 0 unspecified atom stereocenters. The average molecular weight is 700 g/mol. The van der Waals surface area contributed by atoms with E-state index >= 15 is 0 Å². The zero-order chi connectivity index (χ0) is 38.1. The molecule has 3 aliphatic carbocycles. The van der Waals surface area contributed by atoms with Gasteiger partial charge >= 0.3 is 11.9 Å². The Balaban J connectivity index is 0.00000163. The van der Waals surface area contributed by atoms with E-state index < -0.39 is 94.1 Å². The number of hydrogen-bond acceptors (Lipinski definition) is 11. The molecule has 0 radical (unpaired) electrons. The minimum absolute atomic E-state index is 0.0136. The van der Waals surface area contributed by atoms with Gasteiger partial charge in [-0.2, -0.15) is 0 Å². The molecule has 1 aromatic carbocycles. The van der Waals surface area contributed by atoms with Gasteiger partial charge in [-0.15, -0.1) is 26.3 Å². The Morgan fingerprint density at radius 3 is 2.12 bits per heavy atom. The summed E-state index contributed by atoms with van der Waals surface area (Å²) in [6.45, 7) is 22.6. The van der Waals surface area contributed by atoms with Gasteiger partial charge in [0.05, 0.1) is 30.3 Å². The number of ketones is 1. The number of nitrogens with one attached hydrogen (secondary N) is 1. The zero-order valence-electron chi connectivity index (χ0n) is 30.1. The van der Waals surface area contributed by atoms with Crippen LogP contribution in [-0.4, -0.2) is 92.4 Å². The second kappa shape index (κ2) is 14.9. The first kappa shape index (κ1) is 40.7. The number of carbonyl (C=O) groups excluding carboxylic acids is 4. The monoisotopic (exact) mass is 699 g/mol. The van der Waals surface area contributed by atoms with Crippen LogP contribution in [0.25, 0.3) is 0 Å². The number of Topliss-reactive ketones (excluding diaryl/α,β-unsaturated/α-hetero) is 1. The first-order valence-electron chi connectivity index (χ1n) is 16.7. The maximum atomic E-state index is 14.6. The lowest BCUT2D eigenvalue weighted by atomic mass is 9.44. The minimum Gasteiger partial charge on any atom is -0.456 e. The van der Waals surface area contributed by atoms with Gasteiger partial charge in [0.25, 0.3) is 0 Å². The van der Waals surface area contributed by atoms with Gasteiger partial charge < -0.3 is 40.0 Å². The second-order valence-electron chi connectivity index (χ2n) is 14.2. The van der Waals surface area contributed by atoms with Crippen molar-refractivity contribution < 1.29 is 53.8 Å². The summed E-state index contributed by atoms with van der Waals surface area (Å²) in [6.07, 6.45) is -7.24. The van der Waals surface area contributed by atoms with Crippen molar-refractivity contribution in [1.82, 2.24) is 5.32 Å². The van der Waals surface area contributed by atoms with Crippen molar-refractivity contribution >= 4 is 23.6 Å². The first-order valence-corrected chi connectivity index (χ1v) is 16.7. The Bertz CT molecular complexity index is 1490. The quantitative estimate of drug-likeness (QED) is 0.217. The highest BCUT2D eigenvalue weighted by molar-refractivity contribution is 5.91. The zero-order valence-corrected chi connectivity index (χ0v) is 30.1. The maximum absolute atomic E-state index is 14.6. The van der Waals surface area contributed by atoms with Crippen molar-refractivity contribution in [2.75, 3.05) is 6.61 Å². The van der Waals surface area contributed by atoms with E-state index in [1.54, 1.807) is 58.0 Å². The largest absolute Gasteiger partial charge is 0.456 e. The normalized spacial score (nSPS) is 36.3. The van der Waals surface area contributed by atoms with Gasteiger partial charge in [-0.1, -0.05) is 51.1 Å². The molecule has 1 saturated heterocycles. The summed E-state index contributed by atoms with van der Waals surface area (Å²) in [5.41, 5.74) is -5.14. The standard InChI is InChI=1S/C34H45NO11.2C2H4/c1-16-21(45-30(42)26(39)25(35-18(3)36)20-11-9-8-10-12-20)14-34(43)29(41)27-32(7,28(40)17(2)24(16)31(34,5)6)22(38)13-23-33(27,15-44-23)46-19(4)37;2*1-2/h8-12,17,21-23,25-27,29,38-39,41,43H,13-15H2,1-7H3,(H,35,36);2*1-2H2/t17-,21+,22+,23-,25+,26-,27+,29+,32-,33+,34-;;/m1../s1. The molecule has 5 N–H and O–H groups in total. The Hall–Kier alpha value is -3.68. The first-order chi connectivity index (χ1) is 23.3. The third-order valence-electron chi connectivity index (χ3n) is 11.3. The molecule has 12 heteroatoms. The molecule has 1 aliphatic heterocycles. The smallest absolute Gasteiger partial charge is 0.338 e. The average Bonchev–Trinajstić information content (AvgIpc) is 3.07. The molecule has 2 saturated carbocycles. The number of benzene rings is 1. The second-order valence-corrected chi connectivity index (χ2v) is 14.2. The van der Waals surface area contributed by atoms with Crippen molar-refractivity contribution in [3.63, 3.8) is 0 Å². The topological polar surface area (TPSA) is 189 Å². The molecule has 0 spiro atoms. The highest BCUT2D eigenvalue weighted by atomic mass is 16.6. The van der Waals surface area contributed by atoms with Crippen LogP contribution in [0.3, 0.4) is 0 Å². The summed E-state index contributed by atoms with van der Waals surface area (Å²) < 4.78 is 17.4. The van der Waals surface area contributed by atoms with Gasteiger partial charge in [-0.3, -0.25) is 14.4 Å². The number of rotatable bonds is 6. The van der Waals surface area contributed by atoms with Gasteiger partial charge in [0.1, 0.15) is 23.6 Å². The molecule has 1 heterocycles. The van der Waals surface area contributed by atoms with Crippen molar-refractivity contribution in [2.45, 2.75) is 109 Å². The van der Waals surface area contributed by atoms with E-state index in [2.05, 4.69) is 31.6 Å². The number of carbonyl (C=O) groups is 4. The van der Waals surface area contributed by atoms with Crippen LogP contribution < -0.4 is 5.32 Å². The lowest BCUT2D eigenvalue weighted by Gasteiger charge is -2.67. The molecular weight excluding hydrogens is 646 g/mol. The minimum atomic E-state index is -2.08. The van der Waals surface area contributed by atoms with Crippen LogP contribution in [0, 0.1) is 22.7 Å². The Labute approximate surface area is 294 Å². The molecule has 50 heavy (non-hydrogen) atoms. The fraction of sp³-hybridized carbons (Fsp3) is 0.579. The van der Waals surface area contributed by atoms with Gasteiger partial charge in [0.2, 0.25) is 5.91 Å². The molecule has 1 amide bonds. The summed E-state index contributed by atoms with van der Waals surface area (Å²) in [4.78, 5) is 52.5. The summed E-state index contributed by atoms with van der Waals surface area (Å²) in [5.74, 6) is -4.86. The van der Waals surface area contributed by atoms with Crippen LogP contribution in [0.15, 0.2) is 67.8 Å². The number of aliphatic hydroxyl groups is 4. The van der Waals surface area contributed by atoms with Gasteiger partial charge in [0, 0.05) is 43.9 Å². The van der Waals surface area contributed by atoms with Crippen LogP contribution in [0.4, 0.5) is 0 Å². The van der Waals surface area contributed by atoms with Crippen molar-refractivity contribution in [1.29, 1.82) is 0 Å². The number of amides is 1. The summed E-state index contributed by atoms with van der Waals surface area (Å²) >= 11 is 0. The molecule has 11 atom stereocenters. The van der Waals surface area contributed by atoms with Crippen molar-refractivity contribution in [2.24, 2.45) is 22.7 Å². The predicted molar refractivity (Wildman–Crippen MR) is 184 cm³/mol. The van der Waals surface area contributed by atoms with Gasteiger partial charge in [-0.05, 0) is 30.6 Å². The van der Waals surface area contributed by atoms with E-state index in [9.17, 15) is 39.6 Å². The lowest BCUT2D eigenvalue weighted by molar-refractivity contribution is -0.346. The van der Waals surface area contributed by atoms with Crippen LogP contribution in [0.2, 0.25) is 0 Å².